The van der Waals surface area contributed by atoms with E-state index in [0.717, 1.165) is 43.4 Å². The highest BCUT2D eigenvalue weighted by molar-refractivity contribution is 6.30. The van der Waals surface area contributed by atoms with Gasteiger partial charge in [-0.2, -0.15) is 10.1 Å². The molecule has 0 unspecified atom stereocenters. The van der Waals surface area contributed by atoms with E-state index in [4.69, 9.17) is 16.3 Å². The Bertz CT molecular complexity index is 916. The fourth-order valence-corrected chi connectivity index (χ4v) is 3.10. The average molecular weight is 383 g/mol. The summed E-state index contributed by atoms with van der Waals surface area (Å²) < 4.78 is 5.45. The number of halogens is 1. The van der Waals surface area contributed by atoms with Crippen molar-refractivity contribution in [3.63, 3.8) is 0 Å². The Kier molecular flexibility index (Phi) is 5.32. The highest BCUT2D eigenvalue weighted by Crippen LogP contribution is 2.28. The van der Waals surface area contributed by atoms with Crippen molar-refractivity contribution in [2.45, 2.75) is 0 Å². The van der Waals surface area contributed by atoms with Gasteiger partial charge < -0.3 is 20.3 Å². The molecule has 0 amide bonds. The Morgan fingerprint density at radius 2 is 1.85 bits per heavy atom. The van der Waals surface area contributed by atoms with Crippen LogP contribution in [-0.4, -0.2) is 41.5 Å². The van der Waals surface area contributed by atoms with Crippen molar-refractivity contribution >= 4 is 40.4 Å². The lowest BCUT2D eigenvalue weighted by atomic mass is 10.2. The fourth-order valence-electron chi connectivity index (χ4n) is 2.91. The zero-order valence-electron chi connectivity index (χ0n) is 14.6. The second kappa shape index (κ2) is 8.20. The predicted octanol–water partition coefficient (Wildman–Crippen LogP) is 3.85. The second-order valence-electron chi connectivity index (χ2n) is 6.04. The van der Waals surface area contributed by atoms with E-state index in [1.807, 2.05) is 42.5 Å². The maximum Gasteiger partial charge on any atom is 0.249 e. The Morgan fingerprint density at radius 1 is 1.00 bits per heavy atom. The lowest BCUT2D eigenvalue weighted by Crippen LogP contribution is -2.36. The van der Waals surface area contributed by atoms with E-state index in [1.165, 1.54) is 0 Å². The van der Waals surface area contributed by atoms with Crippen molar-refractivity contribution in [3.05, 3.63) is 59.8 Å². The molecule has 2 heterocycles. The number of rotatable bonds is 5. The first-order valence-electron chi connectivity index (χ1n) is 8.69. The number of ether oxygens (including phenoxy) is 1. The molecule has 8 heteroatoms. The number of morpholine rings is 1. The van der Waals surface area contributed by atoms with Gasteiger partial charge in [-0.1, -0.05) is 29.8 Å². The van der Waals surface area contributed by atoms with Crippen LogP contribution in [0.5, 0.6) is 0 Å². The molecular formula is C19H19ClN6O. The topological polar surface area (TPSA) is 75.2 Å². The molecule has 0 aliphatic carbocycles. The minimum absolute atomic E-state index is 0.419. The van der Waals surface area contributed by atoms with Crippen molar-refractivity contribution in [3.8, 4) is 0 Å². The van der Waals surface area contributed by atoms with Crippen molar-refractivity contribution in [2.24, 2.45) is 0 Å². The van der Waals surface area contributed by atoms with Gasteiger partial charge in [-0.3, -0.25) is 0 Å². The SMILES string of the molecule is Clc1cccc(Nc2cnnc(Nc3ccccc3N3CCOCC3)n2)c1. The van der Waals surface area contributed by atoms with E-state index in [1.54, 1.807) is 6.20 Å². The zero-order valence-corrected chi connectivity index (χ0v) is 15.4. The maximum atomic E-state index is 6.03. The number of benzene rings is 2. The van der Waals surface area contributed by atoms with Crippen LogP contribution in [0.3, 0.4) is 0 Å². The van der Waals surface area contributed by atoms with Gasteiger partial charge in [0.1, 0.15) is 0 Å². The van der Waals surface area contributed by atoms with Gasteiger partial charge in [0.2, 0.25) is 5.95 Å². The molecule has 0 radical (unpaired) electrons. The number of hydrogen-bond donors (Lipinski definition) is 2. The van der Waals surface area contributed by atoms with Crippen LogP contribution in [0.2, 0.25) is 5.02 Å². The maximum absolute atomic E-state index is 6.03. The second-order valence-corrected chi connectivity index (χ2v) is 6.48. The van der Waals surface area contributed by atoms with Crippen LogP contribution < -0.4 is 15.5 Å². The summed E-state index contributed by atoms with van der Waals surface area (Å²) in [5.41, 5.74) is 2.86. The molecule has 138 valence electrons. The van der Waals surface area contributed by atoms with Crippen molar-refractivity contribution in [1.82, 2.24) is 15.2 Å². The number of nitrogens with zero attached hydrogens (tertiary/aromatic N) is 4. The quantitative estimate of drug-likeness (QED) is 0.694. The van der Waals surface area contributed by atoms with Gasteiger partial charge >= 0.3 is 0 Å². The predicted molar refractivity (Wildman–Crippen MR) is 107 cm³/mol. The number of hydrogen-bond acceptors (Lipinski definition) is 7. The summed E-state index contributed by atoms with van der Waals surface area (Å²) in [6, 6.07) is 15.5. The summed E-state index contributed by atoms with van der Waals surface area (Å²) in [7, 11) is 0. The molecule has 2 aromatic carbocycles. The summed E-state index contributed by atoms with van der Waals surface area (Å²) in [5, 5.41) is 15.2. The van der Waals surface area contributed by atoms with Crippen molar-refractivity contribution < 1.29 is 4.74 Å². The summed E-state index contributed by atoms with van der Waals surface area (Å²) in [5.74, 6) is 1.00. The normalized spacial score (nSPS) is 14.0. The largest absolute Gasteiger partial charge is 0.378 e. The number of anilines is 5. The zero-order chi connectivity index (χ0) is 18.5. The molecule has 0 spiro atoms. The van der Waals surface area contributed by atoms with Crippen molar-refractivity contribution in [2.75, 3.05) is 41.8 Å². The minimum Gasteiger partial charge on any atom is -0.378 e. The molecule has 1 fully saturated rings. The smallest absolute Gasteiger partial charge is 0.249 e. The Hall–Kier alpha value is -2.90. The molecule has 2 N–H and O–H groups in total. The Labute approximate surface area is 162 Å². The third kappa shape index (κ3) is 4.45. The van der Waals surface area contributed by atoms with Crippen LogP contribution in [0.4, 0.5) is 28.8 Å². The van der Waals surface area contributed by atoms with E-state index in [0.29, 0.717) is 16.8 Å². The molecule has 3 aromatic rings. The molecule has 1 aliphatic rings. The van der Waals surface area contributed by atoms with Crippen LogP contribution >= 0.6 is 11.6 Å². The summed E-state index contributed by atoms with van der Waals surface area (Å²) in [6.45, 7) is 3.17. The van der Waals surface area contributed by atoms with Crippen LogP contribution in [-0.2, 0) is 4.74 Å². The lowest BCUT2D eigenvalue weighted by Gasteiger charge is -2.30. The summed E-state index contributed by atoms with van der Waals surface area (Å²) in [6.07, 6.45) is 1.57. The molecule has 0 atom stereocenters. The Morgan fingerprint density at radius 3 is 2.70 bits per heavy atom. The van der Waals surface area contributed by atoms with Gasteiger partial charge in [0.25, 0.3) is 0 Å². The molecule has 7 nitrogen and oxygen atoms in total. The highest BCUT2D eigenvalue weighted by Gasteiger charge is 2.15. The van der Waals surface area contributed by atoms with E-state index in [2.05, 4.69) is 36.8 Å². The lowest BCUT2D eigenvalue weighted by molar-refractivity contribution is 0.123. The number of para-hydroxylation sites is 2. The van der Waals surface area contributed by atoms with Crippen LogP contribution in [0, 0.1) is 0 Å². The summed E-state index contributed by atoms with van der Waals surface area (Å²) >= 11 is 6.03. The molecular weight excluding hydrogens is 364 g/mol. The van der Waals surface area contributed by atoms with Crippen LogP contribution in [0.1, 0.15) is 0 Å². The van der Waals surface area contributed by atoms with Crippen molar-refractivity contribution in [1.29, 1.82) is 0 Å². The first-order chi connectivity index (χ1) is 13.3. The summed E-state index contributed by atoms with van der Waals surface area (Å²) in [4.78, 5) is 6.78. The molecule has 4 rings (SSSR count). The molecule has 0 bridgehead atoms. The first kappa shape index (κ1) is 17.5. The first-order valence-corrected chi connectivity index (χ1v) is 9.07. The van der Waals surface area contributed by atoms with Gasteiger partial charge in [-0.05, 0) is 30.3 Å². The molecule has 1 aliphatic heterocycles. The monoisotopic (exact) mass is 382 g/mol. The van der Waals surface area contributed by atoms with E-state index < -0.39 is 0 Å². The fraction of sp³-hybridized carbons (Fsp3) is 0.211. The van der Waals surface area contributed by atoms with E-state index in [-0.39, 0.29) is 0 Å². The Balaban J connectivity index is 1.53. The van der Waals surface area contributed by atoms with Gasteiger partial charge in [-0.15, -0.1) is 5.10 Å². The van der Waals surface area contributed by atoms with Crippen LogP contribution in [0.15, 0.2) is 54.7 Å². The van der Waals surface area contributed by atoms with Crippen LogP contribution in [0.25, 0.3) is 0 Å². The standard InChI is InChI=1S/C19H19ClN6O/c20-14-4-3-5-15(12-14)22-18-13-21-25-19(24-18)23-16-6-1-2-7-17(16)26-8-10-27-11-9-26/h1-7,12-13H,8-11H2,(H2,22,23,24,25). The average Bonchev–Trinajstić information content (AvgIpc) is 2.69. The third-order valence-corrected chi connectivity index (χ3v) is 4.39. The molecule has 1 aromatic heterocycles. The number of aromatic nitrogens is 3. The highest BCUT2D eigenvalue weighted by atomic mass is 35.5. The molecule has 0 saturated carbocycles. The minimum atomic E-state index is 0.419. The number of nitrogens with one attached hydrogen (secondary N) is 2. The van der Waals surface area contributed by atoms with Gasteiger partial charge in [0.05, 0.1) is 30.8 Å². The van der Waals surface area contributed by atoms with Gasteiger partial charge in [-0.25, -0.2) is 0 Å². The third-order valence-electron chi connectivity index (χ3n) is 4.16. The van der Waals surface area contributed by atoms with E-state index in [9.17, 15) is 0 Å². The van der Waals surface area contributed by atoms with Gasteiger partial charge in [0, 0.05) is 23.8 Å². The molecule has 1 saturated heterocycles. The van der Waals surface area contributed by atoms with E-state index >= 15 is 0 Å². The van der Waals surface area contributed by atoms with Gasteiger partial charge in [0.15, 0.2) is 5.82 Å². The molecule has 27 heavy (non-hydrogen) atoms.